The molecule has 2 aliphatic heterocycles. The van der Waals surface area contributed by atoms with Crippen molar-refractivity contribution in [2.45, 2.75) is 43.8 Å². The monoisotopic (exact) mass is 414 g/mol. The molecule has 0 radical (unpaired) electrons. The topological polar surface area (TPSA) is 33.7 Å². The van der Waals surface area contributed by atoms with E-state index < -0.39 is 0 Å². The molecule has 1 unspecified atom stereocenters. The first kappa shape index (κ1) is 22.6. The molecule has 0 spiro atoms. The highest BCUT2D eigenvalue weighted by Crippen LogP contribution is 2.39. The zero-order chi connectivity index (χ0) is 16.2. The first-order valence-corrected chi connectivity index (χ1v) is 11.6. The van der Waals surface area contributed by atoms with Gasteiger partial charge in [-0.05, 0) is 44.4 Å². The molecule has 1 N–H and O–H groups in total. The maximum absolute atomic E-state index is 5.58. The van der Waals surface area contributed by atoms with Gasteiger partial charge in [0.1, 0.15) is 0 Å². The number of rotatable bonds is 10. The molecule has 2 rings (SSSR count). The fourth-order valence-electron chi connectivity index (χ4n) is 2.75. The van der Waals surface area contributed by atoms with Crippen molar-refractivity contribution in [2.24, 2.45) is 0 Å². The predicted molar refractivity (Wildman–Crippen MR) is 113 cm³/mol. The number of ether oxygens (including phenoxy) is 2. The van der Waals surface area contributed by atoms with Crippen molar-refractivity contribution < 1.29 is 9.47 Å². The van der Waals surface area contributed by atoms with Gasteiger partial charge in [-0.15, -0.1) is 12.4 Å². The van der Waals surface area contributed by atoms with E-state index in [0.717, 1.165) is 64.1 Å². The number of unbranched alkanes of at least 4 members (excludes halogenated alkanes) is 2. The van der Waals surface area contributed by atoms with E-state index in [4.69, 9.17) is 21.7 Å². The second-order valence-electron chi connectivity index (χ2n) is 6.05. The minimum Gasteiger partial charge on any atom is -0.471 e. The highest BCUT2D eigenvalue weighted by atomic mass is 35.5. The Morgan fingerprint density at radius 2 is 2.04 bits per heavy atom. The fraction of sp³-hybridized carbons (Fsp3) is 0.938. The molecule has 0 amide bonds. The van der Waals surface area contributed by atoms with E-state index in [9.17, 15) is 0 Å². The van der Waals surface area contributed by atoms with Crippen LogP contribution in [-0.4, -0.2) is 67.1 Å². The van der Waals surface area contributed by atoms with Gasteiger partial charge < -0.3 is 14.8 Å². The fourth-order valence-corrected chi connectivity index (χ4v) is 5.96. The number of nitrogens with one attached hydrogen (secondary N) is 1. The summed E-state index contributed by atoms with van der Waals surface area (Å²) in [4.78, 5) is 2.44. The smallest absolute Gasteiger partial charge is 0.256 e. The van der Waals surface area contributed by atoms with Gasteiger partial charge in [-0.25, -0.2) is 0 Å². The molecule has 1 atom stereocenters. The molecular formula is C16H31ClN2O2S3. The molecule has 0 aromatic carbocycles. The van der Waals surface area contributed by atoms with Crippen molar-refractivity contribution in [1.82, 2.24) is 10.2 Å². The van der Waals surface area contributed by atoms with Crippen LogP contribution < -0.4 is 5.32 Å². The molecule has 0 aliphatic carbocycles. The maximum atomic E-state index is 5.58. The van der Waals surface area contributed by atoms with Crippen LogP contribution >= 0.6 is 46.2 Å². The van der Waals surface area contributed by atoms with Crippen molar-refractivity contribution >= 4 is 51.4 Å². The third-order valence-corrected chi connectivity index (χ3v) is 7.42. The molecule has 0 bridgehead atoms. The van der Waals surface area contributed by atoms with E-state index >= 15 is 0 Å². The van der Waals surface area contributed by atoms with Crippen LogP contribution in [0.2, 0.25) is 0 Å². The summed E-state index contributed by atoms with van der Waals surface area (Å²) in [5.41, 5.74) is 0. The van der Waals surface area contributed by atoms with Crippen LogP contribution in [0.1, 0.15) is 38.5 Å². The summed E-state index contributed by atoms with van der Waals surface area (Å²) < 4.78 is 10.9. The molecule has 2 aliphatic rings. The Labute approximate surface area is 166 Å². The predicted octanol–water partition coefficient (Wildman–Crippen LogP) is 3.74. The first-order valence-electron chi connectivity index (χ1n) is 8.83. The molecule has 24 heavy (non-hydrogen) atoms. The Kier molecular flexibility index (Phi) is 13.9. The van der Waals surface area contributed by atoms with E-state index in [2.05, 4.69) is 21.0 Å². The van der Waals surface area contributed by atoms with Gasteiger partial charge in [0, 0.05) is 30.6 Å². The Morgan fingerprint density at radius 3 is 2.79 bits per heavy atom. The number of nitrogens with zero attached hydrogens (tertiary/aromatic N) is 1. The lowest BCUT2D eigenvalue weighted by atomic mass is 10.1. The van der Waals surface area contributed by atoms with Gasteiger partial charge in [0.25, 0.3) is 5.17 Å². The SMILES string of the molecule is Cl.S=C(NCCCN1CCOCC1)OCCCCCC1CCSS1. The lowest BCUT2D eigenvalue weighted by Gasteiger charge is -2.26. The standard InChI is InChI=1S/C16H30N2O2S3.ClH/c21-16(17-7-4-8-18-9-12-19-13-10-18)20-11-3-1-2-5-15-6-14-22-23-15;/h15H,1-14H2,(H,17,21);1H. The van der Waals surface area contributed by atoms with E-state index in [1.54, 1.807) is 0 Å². The molecule has 0 aromatic rings. The summed E-state index contributed by atoms with van der Waals surface area (Å²) in [7, 11) is 4.11. The molecule has 0 aromatic heterocycles. The van der Waals surface area contributed by atoms with Crippen LogP contribution in [0.5, 0.6) is 0 Å². The zero-order valence-corrected chi connectivity index (χ0v) is 17.6. The molecule has 142 valence electrons. The van der Waals surface area contributed by atoms with E-state index in [1.165, 1.54) is 31.4 Å². The molecule has 4 nitrogen and oxygen atoms in total. The number of hydrogen-bond donors (Lipinski definition) is 1. The number of morpholine rings is 1. The third-order valence-electron chi connectivity index (χ3n) is 4.16. The maximum Gasteiger partial charge on any atom is 0.256 e. The summed E-state index contributed by atoms with van der Waals surface area (Å²) in [5, 5.41) is 4.67. The zero-order valence-electron chi connectivity index (χ0n) is 14.4. The minimum absolute atomic E-state index is 0. The van der Waals surface area contributed by atoms with E-state index in [1.807, 2.05) is 10.8 Å². The Balaban J connectivity index is 0.00000288. The van der Waals surface area contributed by atoms with Crippen molar-refractivity contribution in [1.29, 1.82) is 0 Å². The van der Waals surface area contributed by atoms with Crippen molar-refractivity contribution in [2.75, 3.05) is 51.8 Å². The molecular weight excluding hydrogens is 384 g/mol. The van der Waals surface area contributed by atoms with Crippen LogP contribution in [0, 0.1) is 0 Å². The second kappa shape index (κ2) is 14.7. The average molecular weight is 415 g/mol. The van der Waals surface area contributed by atoms with Crippen molar-refractivity contribution in [3.05, 3.63) is 0 Å². The Bertz CT molecular complexity index is 328. The van der Waals surface area contributed by atoms with Gasteiger partial charge >= 0.3 is 0 Å². The van der Waals surface area contributed by atoms with Gasteiger partial charge in [-0.3, -0.25) is 4.90 Å². The minimum atomic E-state index is 0. The Morgan fingerprint density at radius 1 is 1.21 bits per heavy atom. The van der Waals surface area contributed by atoms with Gasteiger partial charge in [0.15, 0.2) is 0 Å². The van der Waals surface area contributed by atoms with Crippen LogP contribution in [0.4, 0.5) is 0 Å². The van der Waals surface area contributed by atoms with Gasteiger partial charge in [0.2, 0.25) is 0 Å². The third kappa shape index (κ3) is 10.6. The molecule has 2 saturated heterocycles. The lowest BCUT2D eigenvalue weighted by Crippen LogP contribution is -2.38. The molecule has 0 saturated carbocycles. The molecule has 8 heteroatoms. The van der Waals surface area contributed by atoms with Crippen molar-refractivity contribution in [3.8, 4) is 0 Å². The van der Waals surface area contributed by atoms with Crippen LogP contribution in [0.3, 0.4) is 0 Å². The van der Waals surface area contributed by atoms with E-state index in [0.29, 0.717) is 5.17 Å². The normalized spacial score (nSPS) is 21.2. The average Bonchev–Trinajstić information content (AvgIpc) is 3.09. The summed E-state index contributed by atoms with van der Waals surface area (Å²) >= 11 is 5.22. The van der Waals surface area contributed by atoms with Crippen LogP contribution in [-0.2, 0) is 9.47 Å². The first-order chi connectivity index (χ1) is 11.3. The summed E-state index contributed by atoms with van der Waals surface area (Å²) in [6.45, 7) is 6.60. The van der Waals surface area contributed by atoms with Gasteiger partial charge in [-0.2, -0.15) is 0 Å². The highest BCUT2D eigenvalue weighted by Gasteiger charge is 2.15. The van der Waals surface area contributed by atoms with Crippen molar-refractivity contribution in [3.63, 3.8) is 0 Å². The number of halogens is 1. The Hall–Kier alpha value is 0.600. The summed E-state index contributed by atoms with van der Waals surface area (Å²) in [6.07, 6.45) is 7.54. The van der Waals surface area contributed by atoms with Gasteiger partial charge in [-0.1, -0.05) is 34.4 Å². The largest absolute Gasteiger partial charge is 0.471 e. The summed E-state index contributed by atoms with van der Waals surface area (Å²) in [6, 6.07) is 0. The quantitative estimate of drug-likeness (QED) is 0.331. The number of thiocarbonyl (C=S) groups is 1. The van der Waals surface area contributed by atoms with E-state index in [-0.39, 0.29) is 12.4 Å². The van der Waals surface area contributed by atoms with Crippen LogP contribution in [0.15, 0.2) is 0 Å². The van der Waals surface area contributed by atoms with Crippen LogP contribution in [0.25, 0.3) is 0 Å². The number of hydrogen-bond acceptors (Lipinski definition) is 6. The lowest BCUT2D eigenvalue weighted by molar-refractivity contribution is 0.0375. The second-order valence-corrected chi connectivity index (χ2v) is 9.21. The highest BCUT2D eigenvalue weighted by molar-refractivity contribution is 8.77. The van der Waals surface area contributed by atoms with Gasteiger partial charge in [0.05, 0.1) is 19.8 Å². The molecule has 2 heterocycles. The summed E-state index contributed by atoms with van der Waals surface area (Å²) in [5.74, 6) is 1.34. The molecule has 2 fully saturated rings.